The van der Waals surface area contributed by atoms with Crippen molar-refractivity contribution < 1.29 is 18.7 Å². The van der Waals surface area contributed by atoms with Crippen molar-refractivity contribution in [3.8, 4) is 0 Å². The summed E-state index contributed by atoms with van der Waals surface area (Å²) >= 11 is 0. The molecule has 0 bridgehead atoms. The van der Waals surface area contributed by atoms with Crippen LogP contribution in [0.15, 0.2) is 48.7 Å². The molecule has 5 nitrogen and oxygen atoms in total. The normalized spacial score (nSPS) is 10.7. The molecule has 1 N–H and O–H groups in total. The van der Waals surface area contributed by atoms with Crippen molar-refractivity contribution in [3.63, 3.8) is 0 Å². The fourth-order valence-electron chi connectivity index (χ4n) is 2.24. The molecule has 7 heteroatoms. The van der Waals surface area contributed by atoms with E-state index in [9.17, 15) is 13.6 Å². The molecule has 0 radical (unpaired) electrons. The predicted molar refractivity (Wildman–Crippen MR) is 87.7 cm³/mol. The van der Waals surface area contributed by atoms with Crippen molar-refractivity contribution in [1.82, 2.24) is 9.88 Å². The number of pyridine rings is 1. The highest BCUT2D eigenvalue weighted by atomic mass is 19.3. The summed E-state index contributed by atoms with van der Waals surface area (Å²) in [4.78, 5) is 19.2. The molecule has 0 aliphatic rings. The number of aliphatic hydroxyl groups excluding tert-OH is 1. The van der Waals surface area contributed by atoms with Crippen LogP contribution in [-0.2, 0) is 0 Å². The van der Waals surface area contributed by atoms with Crippen LogP contribution < -0.4 is 4.90 Å². The number of nitrogens with zero attached hydrogens (tertiary/aromatic N) is 3. The van der Waals surface area contributed by atoms with E-state index in [1.165, 1.54) is 6.20 Å². The number of para-hydroxylation sites is 1. The lowest BCUT2D eigenvalue weighted by Gasteiger charge is -2.22. The van der Waals surface area contributed by atoms with Gasteiger partial charge in [-0.05, 0) is 24.3 Å². The highest BCUT2D eigenvalue weighted by molar-refractivity contribution is 5.94. The van der Waals surface area contributed by atoms with E-state index < -0.39 is 18.9 Å². The van der Waals surface area contributed by atoms with Crippen LogP contribution in [0.1, 0.15) is 10.4 Å². The molecule has 2 aromatic rings. The van der Waals surface area contributed by atoms with Gasteiger partial charge in [0, 0.05) is 25.5 Å². The third-order valence-electron chi connectivity index (χ3n) is 3.50. The Hall–Kier alpha value is -2.54. The van der Waals surface area contributed by atoms with Crippen molar-refractivity contribution in [1.29, 1.82) is 0 Å². The summed E-state index contributed by atoms with van der Waals surface area (Å²) in [6.45, 7) is -1.24. The second-order valence-corrected chi connectivity index (χ2v) is 5.17. The lowest BCUT2D eigenvalue weighted by atomic mass is 10.2. The quantitative estimate of drug-likeness (QED) is 0.845. The number of amides is 1. The molecule has 1 aromatic heterocycles. The van der Waals surface area contributed by atoms with E-state index in [-0.39, 0.29) is 18.7 Å². The fraction of sp³-hybridized carbons (Fsp3) is 0.294. The van der Waals surface area contributed by atoms with Crippen LogP contribution in [-0.4, -0.2) is 54.1 Å². The Bertz CT molecular complexity index is 651. The second kappa shape index (κ2) is 8.35. The number of alkyl halides is 2. The topological polar surface area (TPSA) is 56.7 Å². The van der Waals surface area contributed by atoms with Gasteiger partial charge in [-0.3, -0.25) is 4.79 Å². The van der Waals surface area contributed by atoms with Crippen LogP contribution in [0.25, 0.3) is 0 Å². The summed E-state index contributed by atoms with van der Waals surface area (Å²) in [6, 6.07) is 12.8. The number of hydrogen-bond donors (Lipinski definition) is 1. The first kappa shape index (κ1) is 17.8. The number of aliphatic hydroxyl groups is 1. The minimum Gasteiger partial charge on any atom is -0.395 e. The van der Waals surface area contributed by atoms with Crippen molar-refractivity contribution in [2.75, 3.05) is 31.6 Å². The smallest absolute Gasteiger partial charge is 0.255 e. The Labute approximate surface area is 139 Å². The van der Waals surface area contributed by atoms with Crippen LogP contribution in [0.2, 0.25) is 0 Å². The first-order chi connectivity index (χ1) is 11.5. The summed E-state index contributed by atoms with van der Waals surface area (Å²) in [5, 5.41) is 8.93. The predicted octanol–water partition coefficient (Wildman–Crippen LogP) is 2.55. The molecule has 0 atom stereocenters. The molecule has 0 unspecified atom stereocenters. The third-order valence-corrected chi connectivity index (χ3v) is 3.50. The SMILES string of the molecule is CN(c1ccccc1)c1ccc(C(=O)N(CCO)CC(F)F)cn1. The van der Waals surface area contributed by atoms with E-state index in [1.807, 2.05) is 42.3 Å². The van der Waals surface area contributed by atoms with E-state index in [0.717, 1.165) is 10.6 Å². The Morgan fingerprint density at radius 1 is 1.21 bits per heavy atom. The lowest BCUT2D eigenvalue weighted by molar-refractivity contribution is 0.0509. The molecule has 1 amide bonds. The molecule has 1 heterocycles. The highest BCUT2D eigenvalue weighted by Gasteiger charge is 2.19. The summed E-state index contributed by atoms with van der Waals surface area (Å²) in [5.41, 5.74) is 1.14. The number of rotatable bonds is 7. The van der Waals surface area contributed by atoms with Crippen molar-refractivity contribution in [3.05, 3.63) is 54.2 Å². The molecule has 0 fully saturated rings. The average molecular weight is 335 g/mol. The molecule has 0 saturated carbocycles. The maximum atomic E-state index is 12.5. The van der Waals surface area contributed by atoms with Gasteiger partial charge in [0.15, 0.2) is 0 Å². The first-order valence-corrected chi connectivity index (χ1v) is 7.46. The Morgan fingerprint density at radius 2 is 1.92 bits per heavy atom. The standard InChI is InChI=1S/C17H19F2N3O2/c1-21(14-5-3-2-4-6-14)16-8-7-13(11-20-16)17(24)22(9-10-23)12-15(18)19/h2-8,11,15,23H,9-10,12H2,1H3. The van der Waals surface area contributed by atoms with Crippen molar-refractivity contribution in [2.24, 2.45) is 0 Å². The number of carbonyl (C=O) groups is 1. The van der Waals surface area contributed by atoms with Gasteiger partial charge in [0.1, 0.15) is 5.82 Å². The van der Waals surface area contributed by atoms with Gasteiger partial charge >= 0.3 is 0 Å². The van der Waals surface area contributed by atoms with E-state index in [0.29, 0.717) is 5.82 Å². The summed E-state index contributed by atoms with van der Waals surface area (Å²) < 4.78 is 25.1. The Kier molecular flexibility index (Phi) is 6.20. The lowest BCUT2D eigenvalue weighted by Crippen LogP contribution is -2.37. The number of aromatic nitrogens is 1. The van der Waals surface area contributed by atoms with Gasteiger partial charge in [-0.1, -0.05) is 18.2 Å². The van der Waals surface area contributed by atoms with Crippen molar-refractivity contribution >= 4 is 17.4 Å². The number of benzene rings is 1. The minimum absolute atomic E-state index is 0.144. The van der Waals surface area contributed by atoms with Gasteiger partial charge in [0.05, 0.1) is 18.7 Å². The summed E-state index contributed by atoms with van der Waals surface area (Å²) in [7, 11) is 1.84. The van der Waals surface area contributed by atoms with E-state index in [1.54, 1.807) is 12.1 Å². The van der Waals surface area contributed by atoms with E-state index in [2.05, 4.69) is 4.98 Å². The van der Waals surface area contributed by atoms with E-state index in [4.69, 9.17) is 5.11 Å². The van der Waals surface area contributed by atoms with Gasteiger partial charge in [-0.25, -0.2) is 13.8 Å². The number of carbonyl (C=O) groups excluding carboxylic acids is 1. The van der Waals surface area contributed by atoms with Gasteiger partial charge in [-0.15, -0.1) is 0 Å². The number of halogens is 2. The van der Waals surface area contributed by atoms with Crippen LogP contribution in [0.5, 0.6) is 0 Å². The largest absolute Gasteiger partial charge is 0.395 e. The highest BCUT2D eigenvalue weighted by Crippen LogP contribution is 2.21. The zero-order valence-corrected chi connectivity index (χ0v) is 13.3. The molecule has 128 valence electrons. The van der Waals surface area contributed by atoms with E-state index >= 15 is 0 Å². The Balaban J connectivity index is 2.14. The second-order valence-electron chi connectivity index (χ2n) is 5.17. The molecular formula is C17H19F2N3O2. The molecule has 0 saturated heterocycles. The monoisotopic (exact) mass is 335 g/mol. The molecule has 0 aliphatic heterocycles. The van der Waals surface area contributed by atoms with Gasteiger partial charge in [-0.2, -0.15) is 0 Å². The minimum atomic E-state index is -2.66. The first-order valence-electron chi connectivity index (χ1n) is 7.46. The van der Waals surface area contributed by atoms with Crippen LogP contribution in [0.3, 0.4) is 0 Å². The molecular weight excluding hydrogens is 316 g/mol. The number of hydrogen-bond acceptors (Lipinski definition) is 4. The molecule has 0 spiro atoms. The Morgan fingerprint density at radius 3 is 2.46 bits per heavy atom. The molecule has 1 aromatic carbocycles. The van der Waals surface area contributed by atoms with Gasteiger partial charge in [0.25, 0.3) is 12.3 Å². The number of anilines is 2. The van der Waals surface area contributed by atoms with Gasteiger partial charge in [0.2, 0.25) is 0 Å². The van der Waals surface area contributed by atoms with Crippen LogP contribution in [0.4, 0.5) is 20.3 Å². The zero-order valence-electron chi connectivity index (χ0n) is 13.3. The van der Waals surface area contributed by atoms with Gasteiger partial charge < -0.3 is 14.9 Å². The molecule has 24 heavy (non-hydrogen) atoms. The fourth-order valence-corrected chi connectivity index (χ4v) is 2.24. The summed E-state index contributed by atoms with van der Waals surface area (Å²) in [5.74, 6) is 0.0473. The maximum Gasteiger partial charge on any atom is 0.255 e. The maximum absolute atomic E-state index is 12.5. The summed E-state index contributed by atoms with van der Waals surface area (Å²) in [6.07, 6.45) is -1.30. The third kappa shape index (κ3) is 4.48. The van der Waals surface area contributed by atoms with Crippen LogP contribution in [0, 0.1) is 0 Å². The molecule has 0 aliphatic carbocycles. The van der Waals surface area contributed by atoms with Crippen LogP contribution >= 0.6 is 0 Å². The molecule has 2 rings (SSSR count). The van der Waals surface area contributed by atoms with Crippen molar-refractivity contribution in [2.45, 2.75) is 6.43 Å². The average Bonchev–Trinajstić information content (AvgIpc) is 2.60. The zero-order chi connectivity index (χ0) is 17.5.